The topological polar surface area (TPSA) is 76.7 Å². The van der Waals surface area contributed by atoms with E-state index in [2.05, 4.69) is 5.32 Å². The minimum absolute atomic E-state index is 0.0347. The van der Waals surface area contributed by atoms with E-state index in [1.165, 1.54) is 0 Å². The van der Waals surface area contributed by atoms with E-state index in [0.717, 1.165) is 31.4 Å². The first-order valence-corrected chi connectivity index (χ1v) is 7.77. The van der Waals surface area contributed by atoms with Crippen LogP contribution in [-0.2, 0) is 0 Å². The van der Waals surface area contributed by atoms with Crippen LogP contribution in [0, 0.1) is 0 Å². The monoisotopic (exact) mass is 314 g/mol. The van der Waals surface area contributed by atoms with Gasteiger partial charge >= 0.3 is 0 Å². The fourth-order valence-corrected chi connectivity index (χ4v) is 2.63. The van der Waals surface area contributed by atoms with Crippen molar-refractivity contribution in [2.24, 2.45) is 5.73 Å². The van der Waals surface area contributed by atoms with E-state index in [1.54, 1.807) is 0 Å². The molecular weight excluding hydrogens is 292 g/mol. The summed E-state index contributed by atoms with van der Waals surface area (Å²) in [5.41, 5.74) is 6.86. The van der Waals surface area contributed by atoms with Gasteiger partial charge in [0.1, 0.15) is 13.2 Å². The Hall–Kier alpha value is -1.01. The van der Waals surface area contributed by atoms with Crippen molar-refractivity contribution in [3.8, 4) is 11.5 Å². The molecule has 1 aliphatic rings. The second-order valence-electron chi connectivity index (χ2n) is 5.05. The number of halogens is 1. The molecule has 0 radical (unpaired) electrons. The Kier molecular flexibility index (Phi) is 6.57. The first kappa shape index (κ1) is 16.4. The molecule has 0 spiro atoms. The van der Waals surface area contributed by atoms with E-state index in [4.69, 9.17) is 31.9 Å². The molecule has 1 aromatic rings. The number of hydrogen-bond donors (Lipinski definition) is 3. The van der Waals surface area contributed by atoms with Crippen LogP contribution in [-0.4, -0.2) is 38.0 Å². The van der Waals surface area contributed by atoms with E-state index < -0.39 is 0 Å². The van der Waals surface area contributed by atoms with Crippen molar-refractivity contribution in [1.82, 2.24) is 5.32 Å². The van der Waals surface area contributed by atoms with Gasteiger partial charge in [-0.1, -0.05) is 11.6 Å². The zero-order valence-corrected chi connectivity index (χ0v) is 12.9. The highest BCUT2D eigenvalue weighted by Gasteiger charge is 2.19. The van der Waals surface area contributed by atoms with Gasteiger partial charge in [-0.05, 0) is 43.5 Å². The van der Waals surface area contributed by atoms with Crippen molar-refractivity contribution in [2.75, 3.05) is 32.9 Å². The average molecular weight is 315 g/mol. The van der Waals surface area contributed by atoms with Gasteiger partial charge in [0.25, 0.3) is 0 Å². The van der Waals surface area contributed by atoms with Gasteiger partial charge in [0.15, 0.2) is 11.5 Å². The normalized spacial score (nSPS) is 15.0. The number of rotatable bonds is 8. The zero-order valence-electron chi connectivity index (χ0n) is 12.1. The van der Waals surface area contributed by atoms with Gasteiger partial charge < -0.3 is 25.6 Å². The lowest BCUT2D eigenvalue weighted by Crippen LogP contribution is -2.29. The van der Waals surface area contributed by atoms with E-state index in [-0.39, 0.29) is 12.6 Å². The van der Waals surface area contributed by atoms with E-state index >= 15 is 0 Å². The Balaban J connectivity index is 1.99. The summed E-state index contributed by atoms with van der Waals surface area (Å²) in [4.78, 5) is 0. The summed E-state index contributed by atoms with van der Waals surface area (Å²) in [7, 11) is 0. The summed E-state index contributed by atoms with van der Waals surface area (Å²) in [5.74, 6) is 1.30. The summed E-state index contributed by atoms with van der Waals surface area (Å²) in [6.07, 6.45) is 2.85. The van der Waals surface area contributed by atoms with Crippen LogP contribution in [0.5, 0.6) is 11.5 Å². The van der Waals surface area contributed by atoms with E-state index in [1.807, 2.05) is 12.1 Å². The Morgan fingerprint density at radius 2 is 2.05 bits per heavy atom. The molecule has 118 valence electrons. The molecule has 5 nitrogen and oxygen atoms in total. The van der Waals surface area contributed by atoms with Crippen molar-refractivity contribution in [1.29, 1.82) is 0 Å². The summed E-state index contributed by atoms with van der Waals surface area (Å²) in [6, 6.07) is 3.86. The van der Waals surface area contributed by atoms with Crippen LogP contribution in [0.4, 0.5) is 0 Å². The lowest BCUT2D eigenvalue weighted by molar-refractivity contribution is 0.171. The number of hydrogen-bond acceptors (Lipinski definition) is 5. The molecule has 0 amide bonds. The predicted molar refractivity (Wildman–Crippen MR) is 83.2 cm³/mol. The number of nitrogens with one attached hydrogen (secondary N) is 1. The maximum atomic E-state index is 8.76. The van der Waals surface area contributed by atoms with Crippen LogP contribution in [0.2, 0.25) is 5.02 Å². The highest BCUT2D eigenvalue weighted by molar-refractivity contribution is 6.32. The molecule has 1 atom stereocenters. The van der Waals surface area contributed by atoms with Crippen molar-refractivity contribution >= 4 is 11.6 Å². The first-order valence-electron chi connectivity index (χ1n) is 7.39. The highest BCUT2D eigenvalue weighted by atomic mass is 35.5. The predicted octanol–water partition coefficient (Wildman–Crippen LogP) is 1.86. The molecule has 1 unspecified atom stereocenters. The molecule has 4 N–H and O–H groups in total. The Labute approximate surface area is 130 Å². The molecule has 6 heteroatoms. The maximum absolute atomic E-state index is 8.76. The van der Waals surface area contributed by atoms with Gasteiger partial charge in [0, 0.05) is 19.2 Å². The molecule has 1 aliphatic heterocycles. The quantitative estimate of drug-likeness (QED) is 0.639. The van der Waals surface area contributed by atoms with Crippen LogP contribution in [0.1, 0.15) is 30.9 Å². The van der Waals surface area contributed by atoms with Gasteiger partial charge in [0.2, 0.25) is 0 Å². The van der Waals surface area contributed by atoms with Crippen molar-refractivity contribution < 1.29 is 14.6 Å². The second kappa shape index (κ2) is 8.44. The third-order valence-corrected chi connectivity index (χ3v) is 3.76. The van der Waals surface area contributed by atoms with Crippen molar-refractivity contribution in [3.63, 3.8) is 0 Å². The van der Waals surface area contributed by atoms with Crippen LogP contribution in [0.25, 0.3) is 0 Å². The summed E-state index contributed by atoms with van der Waals surface area (Å²) >= 11 is 6.25. The maximum Gasteiger partial charge on any atom is 0.179 e. The van der Waals surface area contributed by atoms with Gasteiger partial charge in [-0.3, -0.25) is 0 Å². The lowest BCUT2D eigenvalue weighted by atomic mass is 10.1. The second-order valence-corrected chi connectivity index (χ2v) is 5.46. The molecule has 21 heavy (non-hydrogen) atoms. The number of ether oxygens (including phenoxy) is 2. The fraction of sp³-hybridized carbons (Fsp3) is 0.600. The summed E-state index contributed by atoms with van der Waals surface area (Å²) in [6.45, 7) is 2.64. The van der Waals surface area contributed by atoms with Gasteiger partial charge in [-0.25, -0.2) is 0 Å². The molecule has 2 rings (SSSR count). The van der Waals surface area contributed by atoms with Gasteiger partial charge in [-0.15, -0.1) is 0 Å². The number of fused-ring (bicyclic) bond motifs is 1. The van der Waals surface area contributed by atoms with Crippen molar-refractivity contribution in [2.45, 2.75) is 25.3 Å². The zero-order chi connectivity index (χ0) is 15.1. The van der Waals surface area contributed by atoms with E-state index in [9.17, 15) is 0 Å². The SMILES string of the molecule is NCC(NCCCCCO)c1cc(Cl)c2c(c1)OCCO2. The molecular formula is C15H23ClN2O3. The Morgan fingerprint density at radius 1 is 1.24 bits per heavy atom. The smallest absolute Gasteiger partial charge is 0.179 e. The molecule has 1 heterocycles. The van der Waals surface area contributed by atoms with Crippen LogP contribution >= 0.6 is 11.6 Å². The Bertz CT molecular complexity index is 457. The standard InChI is InChI=1S/C15H23ClN2O3/c16-12-8-11(9-14-15(12)21-7-6-20-14)13(10-17)18-4-2-1-3-5-19/h8-9,13,18-19H,1-7,10,17H2. The summed E-state index contributed by atoms with van der Waals surface area (Å²) < 4.78 is 11.1. The minimum atomic E-state index is 0.0347. The van der Waals surface area contributed by atoms with Crippen LogP contribution in [0.3, 0.4) is 0 Å². The molecule has 0 saturated heterocycles. The molecule has 0 aromatic heterocycles. The number of aliphatic hydroxyl groups excluding tert-OH is 1. The minimum Gasteiger partial charge on any atom is -0.486 e. The third-order valence-electron chi connectivity index (χ3n) is 3.48. The fourth-order valence-electron chi connectivity index (χ4n) is 2.36. The van der Waals surface area contributed by atoms with E-state index in [0.29, 0.717) is 36.3 Å². The largest absolute Gasteiger partial charge is 0.486 e. The number of benzene rings is 1. The Morgan fingerprint density at radius 3 is 2.81 bits per heavy atom. The number of aliphatic hydroxyl groups is 1. The van der Waals surface area contributed by atoms with Gasteiger partial charge in [0.05, 0.1) is 5.02 Å². The third kappa shape index (κ3) is 4.48. The van der Waals surface area contributed by atoms with Crippen molar-refractivity contribution in [3.05, 3.63) is 22.7 Å². The molecule has 1 aromatic carbocycles. The van der Waals surface area contributed by atoms with Gasteiger partial charge in [-0.2, -0.15) is 0 Å². The number of nitrogens with two attached hydrogens (primary N) is 1. The highest BCUT2D eigenvalue weighted by Crippen LogP contribution is 2.39. The average Bonchev–Trinajstić information content (AvgIpc) is 2.51. The molecule has 0 aliphatic carbocycles. The first-order chi connectivity index (χ1) is 10.3. The van der Waals surface area contributed by atoms with Crippen LogP contribution in [0.15, 0.2) is 12.1 Å². The van der Waals surface area contributed by atoms with Crippen LogP contribution < -0.4 is 20.5 Å². The number of unbranched alkanes of at least 4 members (excludes halogenated alkanes) is 2. The lowest BCUT2D eigenvalue weighted by Gasteiger charge is -2.23. The molecule has 0 fully saturated rings. The summed E-state index contributed by atoms with van der Waals surface area (Å²) in [5, 5.41) is 12.7. The molecule has 0 saturated carbocycles. The molecule has 0 bridgehead atoms.